The van der Waals surface area contributed by atoms with Crippen LogP contribution < -0.4 is 16.2 Å². The van der Waals surface area contributed by atoms with Gasteiger partial charge in [0.15, 0.2) is 5.75 Å². The minimum atomic E-state index is -0.668. The van der Waals surface area contributed by atoms with Crippen LogP contribution in [0.2, 0.25) is 10.0 Å². The van der Waals surface area contributed by atoms with Crippen LogP contribution in [0.1, 0.15) is 10.4 Å². The van der Waals surface area contributed by atoms with Gasteiger partial charge in [-0.15, -0.1) is 0 Å². The Bertz CT molecular complexity index is 627. The molecule has 6 heteroatoms. The van der Waals surface area contributed by atoms with Crippen molar-refractivity contribution in [2.75, 3.05) is 5.73 Å². The molecule has 98 valence electrons. The number of carbonyl (C=O) groups is 1. The van der Waals surface area contributed by atoms with E-state index in [1.54, 1.807) is 24.3 Å². The average Bonchev–Trinajstić information content (AvgIpc) is 2.34. The molecule has 0 radical (unpaired) electrons. The first-order valence-electron chi connectivity index (χ1n) is 5.29. The van der Waals surface area contributed by atoms with Gasteiger partial charge in [0.2, 0.25) is 0 Å². The molecule has 0 bridgehead atoms. The van der Waals surface area contributed by atoms with Crippen LogP contribution in [0.5, 0.6) is 11.5 Å². The van der Waals surface area contributed by atoms with E-state index in [1.807, 2.05) is 0 Å². The lowest BCUT2D eigenvalue weighted by molar-refractivity contribution is 0.0998. The minimum absolute atomic E-state index is 0.125. The molecular weight excluding hydrogens is 287 g/mol. The van der Waals surface area contributed by atoms with E-state index in [-0.39, 0.29) is 16.3 Å². The van der Waals surface area contributed by atoms with Crippen LogP contribution in [0.3, 0.4) is 0 Å². The number of nitrogens with two attached hydrogens (primary N) is 2. The molecule has 2 aromatic carbocycles. The number of halogens is 2. The van der Waals surface area contributed by atoms with Crippen LogP contribution >= 0.6 is 23.2 Å². The van der Waals surface area contributed by atoms with Crippen molar-refractivity contribution in [3.8, 4) is 11.5 Å². The van der Waals surface area contributed by atoms with Crippen LogP contribution in [-0.2, 0) is 0 Å². The smallest absolute Gasteiger partial charge is 0.252 e. The van der Waals surface area contributed by atoms with Gasteiger partial charge in [0.25, 0.3) is 5.91 Å². The highest BCUT2D eigenvalue weighted by Crippen LogP contribution is 2.35. The normalized spacial score (nSPS) is 10.2. The number of carbonyl (C=O) groups excluding carboxylic acids is 1. The Kier molecular flexibility index (Phi) is 3.83. The van der Waals surface area contributed by atoms with E-state index >= 15 is 0 Å². The van der Waals surface area contributed by atoms with Gasteiger partial charge in [0.1, 0.15) is 5.75 Å². The van der Waals surface area contributed by atoms with Crippen molar-refractivity contribution < 1.29 is 9.53 Å². The number of primary amides is 1. The van der Waals surface area contributed by atoms with Gasteiger partial charge in [-0.2, -0.15) is 0 Å². The third-order valence-electron chi connectivity index (χ3n) is 2.36. The summed E-state index contributed by atoms with van der Waals surface area (Å²) in [7, 11) is 0. The van der Waals surface area contributed by atoms with Gasteiger partial charge >= 0.3 is 0 Å². The first-order chi connectivity index (χ1) is 8.97. The fourth-order valence-electron chi connectivity index (χ4n) is 1.52. The summed E-state index contributed by atoms with van der Waals surface area (Å²) >= 11 is 11.8. The molecule has 0 fully saturated rings. The Hall–Kier alpha value is -1.91. The average molecular weight is 297 g/mol. The Labute approximate surface area is 119 Å². The highest BCUT2D eigenvalue weighted by molar-refractivity contribution is 6.33. The molecule has 4 N–H and O–H groups in total. The number of nitrogen functional groups attached to an aromatic ring is 1. The number of benzene rings is 2. The number of hydrogen-bond acceptors (Lipinski definition) is 3. The van der Waals surface area contributed by atoms with E-state index in [0.29, 0.717) is 16.5 Å². The fraction of sp³-hybridized carbons (Fsp3) is 0. The summed E-state index contributed by atoms with van der Waals surface area (Å²) in [6, 6.07) is 9.52. The predicted molar refractivity (Wildman–Crippen MR) is 75.9 cm³/mol. The highest BCUT2D eigenvalue weighted by atomic mass is 35.5. The van der Waals surface area contributed by atoms with Crippen molar-refractivity contribution in [1.82, 2.24) is 0 Å². The summed E-state index contributed by atoms with van der Waals surface area (Å²) in [5.41, 5.74) is 11.4. The molecule has 0 saturated heterocycles. The summed E-state index contributed by atoms with van der Waals surface area (Å²) < 4.78 is 5.56. The Morgan fingerprint density at radius 3 is 2.32 bits per heavy atom. The highest BCUT2D eigenvalue weighted by Gasteiger charge is 2.15. The van der Waals surface area contributed by atoms with Crippen molar-refractivity contribution in [2.45, 2.75) is 0 Å². The van der Waals surface area contributed by atoms with E-state index in [0.717, 1.165) is 0 Å². The largest absolute Gasteiger partial charge is 0.455 e. The van der Waals surface area contributed by atoms with E-state index in [1.165, 1.54) is 12.1 Å². The standard InChI is InChI=1S/C13H10Cl2N2O2/c14-7-1-3-9(4-2-7)19-12-10(13(17)18)5-8(16)6-11(12)15/h1-6H,16H2,(H2,17,18). The SMILES string of the molecule is NC(=O)c1cc(N)cc(Cl)c1Oc1ccc(Cl)cc1. The van der Waals surface area contributed by atoms with Crippen molar-refractivity contribution >= 4 is 34.8 Å². The molecule has 0 atom stereocenters. The molecule has 0 saturated carbocycles. The summed E-state index contributed by atoms with van der Waals surface area (Å²) in [4.78, 5) is 11.4. The zero-order chi connectivity index (χ0) is 14.0. The maximum Gasteiger partial charge on any atom is 0.252 e. The lowest BCUT2D eigenvalue weighted by Crippen LogP contribution is -2.13. The van der Waals surface area contributed by atoms with Crippen LogP contribution in [-0.4, -0.2) is 5.91 Å². The molecule has 1 amide bonds. The van der Waals surface area contributed by atoms with E-state index in [4.69, 9.17) is 39.4 Å². The summed E-state index contributed by atoms with van der Waals surface area (Å²) in [5, 5.41) is 0.787. The third-order valence-corrected chi connectivity index (χ3v) is 2.90. The van der Waals surface area contributed by atoms with Crippen molar-refractivity contribution in [2.24, 2.45) is 5.73 Å². The molecule has 2 aromatic rings. The third kappa shape index (κ3) is 3.10. The molecule has 0 spiro atoms. The molecule has 4 nitrogen and oxygen atoms in total. The monoisotopic (exact) mass is 296 g/mol. The number of rotatable bonds is 3. The van der Waals surface area contributed by atoms with Crippen LogP contribution in [0.25, 0.3) is 0 Å². The zero-order valence-corrected chi connectivity index (χ0v) is 11.2. The Morgan fingerprint density at radius 1 is 1.11 bits per heavy atom. The van der Waals surface area contributed by atoms with Crippen molar-refractivity contribution in [3.05, 3.63) is 52.0 Å². The molecule has 0 aliphatic heterocycles. The quantitative estimate of drug-likeness (QED) is 0.851. The number of ether oxygens (including phenoxy) is 1. The second-order valence-corrected chi connectivity index (χ2v) is 4.64. The first-order valence-corrected chi connectivity index (χ1v) is 6.05. The Balaban J connectivity index is 2.44. The molecule has 0 aromatic heterocycles. The van der Waals surface area contributed by atoms with E-state index in [2.05, 4.69) is 0 Å². The molecule has 0 unspecified atom stereocenters. The fourth-order valence-corrected chi connectivity index (χ4v) is 1.91. The maximum absolute atomic E-state index is 11.4. The van der Waals surface area contributed by atoms with Gasteiger partial charge in [-0.1, -0.05) is 23.2 Å². The second-order valence-electron chi connectivity index (χ2n) is 3.80. The van der Waals surface area contributed by atoms with Crippen molar-refractivity contribution in [3.63, 3.8) is 0 Å². The van der Waals surface area contributed by atoms with Gasteiger partial charge in [0.05, 0.1) is 10.6 Å². The number of anilines is 1. The second kappa shape index (κ2) is 5.38. The summed E-state index contributed by atoms with van der Waals surface area (Å²) in [6.45, 7) is 0. The van der Waals surface area contributed by atoms with Crippen molar-refractivity contribution in [1.29, 1.82) is 0 Å². The molecular formula is C13H10Cl2N2O2. The van der Waals surface area contributed by atoms with Gasteiger partial charge in [-0.25, -0.2) is 0 Å². The van der Waals surface area contributed by atoms with Crippen LogP contribution in [0, 0.1) is 0 Å². The molecule has 2 rings (SSSR count). The lowest BCUT2D eigenvalue weighted by Gasteiger charge is -2.12. The topological polar surface area (TPSA) is 78.3 Å². The van der Waals surface area contributed by atoms with Gasteiger partial charge in [-0.3, -0.25) is 4.79 Å². The zero-order valence-electron chi connectivity index (χ0n) is 9.69. The molecule has 0 aliphatic rings. The number of amides is 1. The van der Waals surface area contributed by atoms with E-state index < -0.39 is 5.91 Å². The van der Waals surface area contributed by atoms with Crippen LogP contribution in [0.15, 0.2) is 36.4 Å². The van der Waals surface area contributed by atoms with Crippen LogP contribution in [0.4, 0.5) is 5.69 Å². The number of hydrogen-bond donors (Lipinski definition) is 2. The Morgan fingerprint density at radius 2 is 1.74 bits per heavy atom. The van der Waals surface area contributed by atoms with Gasteiger partial charge < -0.3 is 16.2 Å². The first kappa shape index (κ1) is 13.5. The van der Waals surface area contributed by atoms with E-state index in [9.17, 15) is 4.79 Å². The van der Waals surface area contributed by atoms with Gasteiger partial charge in [0, 0.05) is 10.7 Å². The summed E-state index contributed by atoms with van der Waals surface area (Å²) in [6.07, 6.45) is 0. The van der Waals surface area contributed by atoms with Gasteiger partial charge in [-0.05, 0) is 36.4 Å². The molecule has 0 aliphatic carbocycles. The lowest BCUT2D eigenvalue weighted by atomic mass is 10.1. The summed E-state index contributed by atoms with van der Waals surface area (Å²) in [5.74, 6) is -0.0116. The molecule has 0 heterocycles. The minimum Gasteiger partial charge on any atom is -0.455 e. The molecule has 19 heavy (non-hydrogen) atoms. The maximum atomic E-state index is 11.4. The predicted octanol–water partition coefficient (Wildman–Crippen LogP) is 3.47.